The molecule has 1 heterocycles. The van der Waals surface area contributed by atoms with E-state index in [0.717, 1.165) is 29.8 Å². The summed E-state index contributed by atoms with van der Waals surface area (Å²) in [7, 11) is 1.41. The lowest BCUT2D eigenvalue weighted by molar-refractivity contribution is 0.0602. The van der Waals surface area contributed by atoms with E-state index in [1.165, 1.54) is 18.2 Å². The Bertz CT molecular complexity index is 677. The first-order chi connectivity index (χ1) is 9.74. The van der Waals surface area contributed by atoms with Crippen LogP contribution in [0.5, 0.6) is 0 Å². The highest BCUT2D eigenvalue weighted by Gasteiger charge is 2.22. The van der Waals surface area contributed by atoms with Crippen molar-refractivity contribution in [3.63, 3.8) is 0 Å². The summed E-state index contributed by atoms with van der Waals surface area (Å²) in [6.07, 6.45) is 1.86. The van der Waals surface area contributed by atoms with Crippen LogP contribution in [0, 0.1) is 0 Å². The summed E-state index contributed by atoms with van der Waals surface area (Å²) >= 11 is 0. The number of carbonyl (C=O) groups is 1. The maximum atomic E-state index is 11.9. The number of ether oxygens (including phenoxy) is 1. The van der Waals surface area contributed by atoms with Crippen LogP contribution in [0.1, 0.15) is 34.0 Å². The molecule has 1 N–H and O–H groups in total. The second-order valence-electron chi connectivity index (χ2n) is 4.93. The molecule has 3 nitrogen and oxygen atoms in total. The highest BCUT2D eigenvalue weighted by Crippen LogP contribution is 2.36. The number of hydrogen-bond acceptors (Lipinski definition) is 3. The maximum absolute atomic E-state index is 11.9. The van der Waals surface area contributed by atoms with Crippen molar-refractivity contribution >= 4 is 17.3 Å². The van der Waals surface area contributed by atoms with Crippen molar-refractivity contribution in [1.29, 1.82) is 0 Å². The zero-order valence-corrected chi connectivity index (χ0v) is 11.7. The molecule has 1 aliphatic heterocycles. The Morgan fingerprint density at radius 3 is 2.80 bits per heavy atom. The number of carbonyl (C=O) groups excluding carboxylic acids is 1. The van der Waals surface area contributed by atoms with Gasteiger partial charge >= 0.3 is 5.97 Å². The van der Waals surface area contributed by atoms with Crippen molar-refractivity contribution in [3.05, 3.63) is 58.7 Å². The van der Waals surface area contributed by atoms with Gasteiger partial charge in [0, 0.05) is 12.1 Å². The van der Waals surface area contributed by atoms with Crippen LogP contribution < -0.4 is 5.32 Å². The monoisotopic (exact) mass is 267 g/mol. The minimum Gasteiger partial charge on any atom is -0.465 e. The summed E-state index contributed by atoms with van der Waals surface area (Å²) in [4.78, 5) is 11.9. The van der Waals surface area contributed by atoms with Crippen LogP contribution in [0.2, 0.25) is 0 Å². The average Bonchev–Trinajstić information content (AvgIpc) is 2.51. The molecule has 0 radical (unpaired) electrons. The van der Waals surface area contributed by atoms with Crippen molar-refractivity contribution in [1.82, 2.24) is 0 Å². The minimum atomic E-state index is -0.301. The zero-order valence-electron chi connectivity index (χ0n) is 11.7. The fourth-order valence-electron chi connectivity index (χ4n) is 2.79. The van der Waals surface area contributed by atoms with Gasteiger partial charge in [-0.1, -0.05) is 31.2 Å². The average molecular weight is 267 g/mol. The quantitative estimate of drug-likeness (QED) is 0.720. The molecular formula is C17H17NO2. The van der Waals surface area contributed by atoms with E-state index in [4.69, 9.17) is 4.74 Å². The summed E-state index contributed by atoms with van der Waals surface area (Å²) in [5, 5.41) is 3.40. The third kappa shape index (κ3) is 1.95. The summed E-state index contributed by atoms with van der Waals surface area (Å²) in [5.74, 6) is -0.301. The van der Waals surface area contributed by atoms with E-state index in [1.54, 1.807) is 6.07 Å². The van der Waals surface area contributed by atoms with E-state index >= 15 is 0 Å². The van der Waals surface area contributed by atoms with E-state index in [9.17, 15) is 4.79 Å². The molecule has 0 atom stereocenters. The lowest BCUT2D eigenvalue weighted by Gasteiger charge is -2.25. The van der Waals surface area contributed by atoms with Crippen molar-refractivity contribution in [2.24, 2.45) is 0 Å². The Labute approximate surface area is 118 Å². The molecule has 0 amide bonds. The molecule has 0 aliphatic carbocycles. The van der Waals surface area contributed by atoms with Gasteiger partial charge in [0.05, 0.1) is 18.4 Å². The van der Waals surface area contributed by atoms with E-state index in [-0.39, 0.29) is 5.97 Å². The van der Waals surface area contributed by atoms with Gasteiger partial charge in [0.15, 0.2) is 0 Å². The van der Waals surface area contributed by atoms with Gasteiger partial charge in [0.2, 0.25) is 0 Å². The standard InChI is InChI=1S/C17H17NO2/c1-3-11-6-5-9-15-14(11)10-12-7-4-8-13(16(12)18-15)17(19)20-2/h4-9,18H,3,10H2,1-2H3. The normalized spacial score (nSPS) is 12.1. The fourth-order valence-corrected chi connectivity index (χ4v) is 2.79. The molecule has 0 spiro atoms. The Hall–Kier alpha value is -2.29. The molecule has 0 bridgehead atoms. The summed E-state index contributed by atoms with van der Waals surface area (Å²) in [6.45, 7) is 2.16. The van der Waals surface area contributed by atoms with Gasteiger partial charge in [-0.2, -0.15) is 0 Å². The molecule has 0 saturated heterocycles. The number of methoxy groups -OCH3 is 1. The number of aryl methyl sites for hydroxylation is 1. The molecule has 2 aromatic carbocycles. The summed E-state index contributed by atoms with van der Waals surface area (Å²) in [6, 6.07) is 12.0. The van der Waals surface area contributed by atoms with Crippen molar-refractivity contribution < 1.29 is 9.53 Å². The molecule has 0 fully saturated rings. The molecule has 0 aromatic heterocycles. The van der Waals surface area contributed by atoms with Crippen LogP contribution in [0.25, 0.3) is 0 Å². The van der Waals surface area contributed by atoms with E-state index in [0.29, 0.717) is 5.56 Å². The number of rotatable bonds is 2. The van der Waals surface area contributed by atoms with Crippen molar-refractivity contribution in [3.8, 4) is 0 Å². The Balaban J connectivity index is 2.10. The molecule has 3 rings (SSSR count). The largest absolute Gasteiger partial charge is 0.465 e. The van der Waals surface area contributed by atoms with Gasteiger partial charge < -0.3 is 10.1 Å². The molecule has 1 aliphatic rings. The molecule has 3 heteroatoms. The van der Waals surface area contributed by atoms with Crippen LogP contribution in [-0.4, -0.2) is 13.1 Å². The lowest BCUT2D eigenvalue weighted by Crippen LogP contribution is -2.14. The smallest absolute Gasteiger partial charge is 0.339 e. The highest BCUT2D eigenvalue weighted by molar-refractivity contribution is 5.98. The van der Waals surface area contributed by atoms with Gasteiger partial charge in [-0.15, -0.1) is 0 Å². The van der Waals surface area contributed by atoms with E-state index in [2.05, 4.69) is 36.5 Å². The predicted molar refractivity (Wildman–Crippen MR) is 79.7 cm³/mol. The second kappa shape index (κ2) is 5.00. The number of hydrogen-bond donors (Lipinski definition) is 1. The van der Waals surface area contributed by atoms with Gasteiger partial charge in [0.25, 0.3) is 0 Å². The number of benzene rings is 2. The lowest BCUT2D eigenvalue weighted by atomic mass is 9.91. The van der Waals surface area contributed by atoms with Gasteiger partial charge in [0.1, 0.15) is 0 Å². The van der Waals surface area contributed by atoms with Crippen LogP contribution >= 0.6 is 0 Å². The first kappa shape index (κ1) is 12.7. The first-order valence-electron chi connectivity index (χ1n) is 6.82. The van der Waals surface area contributed by atoms with Crippen LogP contribution in [0.3, 0.4) is 0 Å². The fraction of sp³-hybridized carbons (Fsp3) is 0.235. The first-order valence-corrected chi connectivity index (χ1v) is 6.82. The van der Waals surface area contributed by atoms with Gasteiger partial charge in [-0.3, -0.25) is 0 Å². The Morgan fingerprint density at radius 2 is 2.05 bits per heavy atom. The third-order valence-corrected chi connectivity index (χ3v) is 3.84. The maximum Gasteiger partial charge on any atom is 0.339 e. The number of fused-ring (bicyclic) bond motifs is 2. The SMILES string of the molecule is CCc1cccc2c1Cc1cccc(C(=O)OC)c1N2. The van der Waals surface area contributed by atoms with Gasteiger partial charge in [-0.25, -0.2) is 4.79 Å². The number of nitrogens with one attached hydrogen (secondary N) is 1. The highest BCUT2D eigenvalue weighted by atomic mass is 16.5. The molecule has 0 saturated carbocycles. The molecule has 0 unspecified atom stereocenters. The number of anilines is 2. The van der Waals surface area contributed by atoms with E-state index in [1.807, 2.05) is 6.07 Å². The molecule has 20 heavy (non-hydrogen) atoms. The Kier molecular flexibility index (Phi) is 3.18. The van der Waals surface area contributed by atoms with Crippen molar-refractivity contribution in [2.45, 2.75) is 19.8 Å². The van der Waals surface area contributed by atoms with Crippen LogP contribution in [0.4, 0.5) is 11.4 Å². The van der Waals surface area contributed by atoms with E-state index < -0.39 is 0 Å². The Morgan fingerprint density at radius 1 is 1.25 bits per heavy atom. The summed E-state index contributed by atoms with van der Waals surface area (Å²) in [5.41, 5.74) is 6.38. The zero-order chi connectivity index (χ0) is 14.1. The van der Waals surface area contributed by atoms with Crippen LogP contribution in [-0.2, 0) is 17.6 Å². The minimum absolute atomic E-state index is 0.301. The molecule has 2 aromatic rings. The molecular weight excluding hydrogens is 250 g/mol. The summed E-state index contributed by atoms with van der Waals surface area (Å²) < 4.78 is 4.86. The van der Waals surface area contributed by atoms with Gasteiger partial charge in [-0.05, 0) is 35.2 Å². The van der Waals surface area contributed by atoms with Crippen molar-refractivity contribution in [2.75, 3.05) is 12.4 Å². The number of esters is 1. The number of para-hydroxylation sites is 1. The molecule has 102 valence electrons. The topological polar surface area (TPSA) is 38.3 Å². The third-order valence-electron chi connectivity index (χ3n) is 3.84. The predicted octanol–water partition coefficient (Wildman–Crippen LogP) is 3.68. The second-order valence-corrected chi connectivity index (χ2v) is 4.93. The van der Waals surface area contributed by atoms with Crippen LogP contribution in [0.15, 0.2) is 36.4 Å².